The van der Waals surface area contributed by atoms with E-state index in [9.17, 15) is 9.59 Å². The summed E-state index contributed by atoms with van der Waals surface area (Å²) in [5.41, 5.74) is 3.97. The van der Waals surface area contributed by atoms with Crippen molar-refractivity contribution >= 4 is 11.9 Å². The van der Waals surface area contributed by atoms with Crippen LogP contribution < -0.4 is 20.1 Å². The van der Waals surface area contributed by atoms with Crippen LogP contribution >= 0.6 is 0 Å². The third-order valence-electron chi connectivity index (χ3n) is 5.59. The Hall–Kier alpha value is -3.85. The number of imide groups is 1. The Morgan fingerprint density at radius 2 is 1.79 bits per heavy atom. The summed E-state index contributed by atoms with van der Waals surface area (Å²) in [5.74, 6) is 0.929. The normalized spacial score (nSPS) is 14.6. The first-order chi connectivity index (χ1) is 16.4. The number of carbonyl (C=O) groups is 2. The Labute approximate surface area is 198 Å². The van der Waals surface area contributed by atoms with Crippen LogP contribution in [0.1, 0.15) is 17.0 Å². The zero-order chi connectivity index (χ0) is 24.1. The summed E-state index contributed by atoms with van der Waals surface area (Å²) < 4.78 is 13.3. The van der Waals surface area contributed by atoms with Crippen LogP contribution in [0.2, 0.25) is 0 Å². The van der Waals surface area contributed by atoms with E-state index < -0.39 is 11.9 Å². The first-order valence-electron chi connectivity index (χ1n) is 11.2. The van der Waals surface area contributed by atoms with Gasteiger partial charge in [0.05, 0.1) is 24.5 Å². The van der Waals surface area contributed by atoms with Gasteiger partial charge in [0.2, 0.25) is 5.91 Å². The van der Waals surface area contributed by atoms with E-state index in [1.54, 1.807) is 0 Å². The van der Waals surface area contributed by atoms with Crippen molar-refractivity contribution in [2.45, 2.75) is 26.5 Å². The van der Waals surface area contributed by atoms with Crippen LogP contribution in [-0.2, 0) is 11.3 Å². The van der Waals surface area contributed by atoms with Gasteiger partial charge in [-0.25, -0.2) is 9.48 Å². The van der Waals surface area contributed by atoms with Crippen molar-refractivity contribution in [3.8, 4) is 17.2 Å². The van der Waals surface area contributed by atoms with Gasteiger partial charge in [-0.2, -0.15) is 5.10 Å². The van der Waals surface area contributed by atoms with Gasteiger partial charge < -0.3 is 14.8 Å². The van der Waals surface area contributed by atoms with Crippen molar-refractivity contribution < 1.29 is 19.1 Å². The third-order valence-corrected chi connectivity index (χ3v) is 5.59. The molecule has 1 atom stereocenters. The fourth-order valence-corrected chi connectivity index (χ4v) is 3.88. The molecule has 2 aromatic carbocycles. The van der Waals surface area contributed by atoms with Crippen molar-refractivity contribution in [2.24, 2.45) is 0 Å². The monoisotopic (exact) mass is 463 g/mol. The summed E-state index contributed by atoms with van der Waals surface area (Å²) in [5, 5.41) is 9.68. The highest BCUT2D eigenvalue weighted by molar-refractivity contribution is 5.95. The first kappa shape index (κ1) is 23.3. The molecule has 0 spiro atoms. The molecule has 1 aliphatic heterocycles. The lowest BCUT2D eigenvalue weighted by atomic mass is 10.2. The number of likely N-dealkylation sites (N-methyl/N-ethyl adjacent to an activating group) is 1. The topological polar surface area (TPSA) is 97.7 Å². The summed E-state index contributed by atoms with van der Waals surface area (Å²) in [7, 11) is 1.83. The number of ether oxygens (including phenoxy) is 2. The fraction of sp³-hybridized carbons (Fsp3) is 0.320. The molecule has 9 nitrogen and oxygen atoms in total. The van der Waals surface area contributed by atoms with E-state index in [0.717, 1.165) is 22.6 Å². The van der Waals surface area contributed by atoms with Crippen molar-refractivity contribution in [2.75, 3.05) is 26.7 Å². The Balaban J connectivity index is 1.24. The van der Waals surface area contributed by atoms with Crippen molar-refractivity contribution in [3.63, 3.8) is 0 Å². The Morgan fingerprint density at radius 1 is 1.09 bits per heavy atom. The number of nitrogens with zero attached hydrogens (tertiary/aromatic N) is 3. The van der Waals surface area contributed by atoms with E-state index in [0.29, 0.717) is 24.7 Å². The van der Waals surface area contributed by atoms with Gasteiger partial charge in [0, 0.05) is 17.8 Å². The molecular weight excluding hydrogens is 434 g/mol. The second-order valence-electron chi connectivity index (χ2n) is 8.32. The average Bonchev–Trinajstić information content (AvgIpc) is 3.11. The van der Waals surface area contributed by atoms with E-state index in [2.05, 4.69) is 15.7 Å². The number of fused-ring (bicyclic) bond motifs is 1. The number of amides is 3. The average molecular weight is 464 g/mol. The standard InChI is InChI=1S/C25H29N5O4/c1-17-21(18(2)30(28-17)19-9-5-4-6-10-19)14-29(3)15-24(31)27-25(32)26-13-20-16-33-22-11-7-8-12-23(22)34-20/h4-12,20H,13-16H2,1-3H3,(H2,26,27,31,32)/t20-/m1/s1. The molecule has 1 aliphatic rings. The number of para-hydroxylation sites is 3. The molecule has 9 heteroatoms. The van der Waals surface area contributed by atoms with Crippen LogP contribution in [0.25, 0.3) is 5.69 Å². The third kappa shape index (κ3) is 5.55. The van der Waals surface area contributed by atoms with Crippen LogP contribution in [0.3, 0.4) is 0 Å². The SMILES string of the molecule is Cc1nn(-c2ccccc2)c(C)c1CN(C)CC(=O)NC(=O)NC[C@@H]1COc2ccccc2O1. The molecule has 4 rings (SSSR count). The number of urea groups is 1. The lowest BCUT2D eigenvalue weighted by Gasteiger charge is -2.26. The van der Waals surface area contributed by atoms with E-state index >= 15 is 0 Å². The predicted molar refractivity (Wildman–Crippen MR) is 127 cm³/mol. The summed E-state index contributed by atoms with van der Waals surface area (Å²) in [6.45, 7) is 5.12. The minimum absolute atomic E-state index is 0.0687. The summed E-state index contributed by atoms with van der Waals surface area (Å²) in [4.78, 5) is 26.4. The smallest absolute Gasteiger partial charge is 0.321 e. The number of aryl methyl sites for hydroxylation is 1. The highest BCUT2D eigenvalue weighted by Gasteiger charge is 2.22. The number of nitrogens with one attached hydrogen (secondary N) is 2. The van der Waals surface area contributed by atoms with Gasteiger partial charge in [-0.3, -0.25) is 15.0 Å². The lowest BCUT2D eigenvalue weighted by Crippen LogP contribution is -2.47. The summed E-state index contributed by atoms with van der Waals surface area (Å²) >= 11 is 0. The van der Waals surface area contributed by atoms with Crippen molar-refractivity contribution in [1.82, 2.24) is 25.3 Å². The summed E-state index contributed by atoms with van der Waals surface area (Å²) in [6, 6.07) is 16.7. The molecule has 178 valence electrons. The predicted octanol–water partition coefficient (Wildman–Crippen LogP) is 2.59. The minimum atomic E-state index is -0.565. The highest BCUT2D eigenvalue weighted by atomic mass is 16.6. The molecule has 3 amide bonds. The maximum atomic E-state index is 12.4. The Kier molecular flexibility index (Phi) is 7.12. The van der Waals surface area contributed by atoms with E-state index in [1.165, 1.54) is 0 Å². The number of hydrogen-bond donors (Lipinski definition) is 2. The number of carbonyl (C=O) groups excluding carboxylic acids is 2. The van der Waals surface area contributed by atoms with Crippen LogP contribution in [0.4, 0.5) is 4.79 Å². The highest BCUT2D eigenvalue weighted by Crippen LogP contribution is 2.30. The van der Waals surface area contributed by atoms with Gasteiger partial charge in [-0.1, -0.05) is 30.3 Å². The van der Waals surface area contributed by atoms with Gasteiger partial charge in [0.25, 0.3) is 0 Å². The van der Waals surface area contributed by atoms with E-state index in [-0.39, 0.29) is 19.2 Å². The zero-order valence-electron chi connectivity index (χ0n) is 19.6. The minimum Gasteiger partial charge on any atom is -0.486 e. The molecule has 0 saturated heterocycles. The van der Waals surface area contributed by atoms with Crippen LogP contribution in [0.5, 0.6) is 11.5 Å². The molecule has 0 fully saturated rings. The van der Waals surface area contributed by atoms with Crippen LogP contribution in [0, 0.1) is 13.8 Å². The number of benzene rings is 2. The Bertz CT molecular complexity index is 1160. The molecule has 34 heavy (non-hydrogen) atoms. The van der Waals surface area contributed by atoms with Gasteiger partial charge in [-0.05, 0) is 45.2 Å². The second-order valence-corrected chi connectivity index (χ2v) is 8.32. The first-order valence-corrected chi connectivity index (χ1v) is 11.2. The largest absolute Gasteiger partial charge is 0.486 e. The number of aromatic nitrogens is 2. The van der Waals surface area contributed by atoms with E-state index in [4.69, 9.17) is 9.47 Å². The summed E-state index contributed by atoms with van der Waals surface area (Å²) in [6.07, 6.45) is -0.328. The molecule has 0 bridgehead atoms. The molecule has 2 N–H and O–H groups in total. The van der Waals surface area contributed by atoms with Crippen molar-refractivity contribution in [3.05, 3.63) is 71.5 Å². The van der Waals surface area contributed by atoms with Crippen LogP contribution in [-0.4, -0.2) is 59.5 Å². The van der Waals surface area contributed by atoms with Gasteiger partial charge in [-0.15, -0.1) is 0 Å². The zero-order valence-corrected chi connectivity index (χ0v) is 19.6. The molecule has 0 saturated carbocycles. The maximum absolute atomic E-state index is 12.4. The Morgan fingerprint density at radius 3 is 2.56 bits per heavy atom. The van der Waals surface area contributed by atoms with Crippen LogP contribution in [0.15, 0.2) is 54.6 Å². The molecule has 1 aromatic heterocycles. The number of rotatable bonds is 7. The molecule has 0 radical (unpaired) electrons. The number of hydrogen-bond acceptors (Lipinski definition) is 6. The van der Waals surface area contributed by atoms with Crippen molar-refractivity contribution in [1.29, 1.82) is 0 Å². The molecule has 0 unspecified atom stereocenters. The molecule has 2 heterocycles. The fourth-order valence-electron chi connectivity index (χ4n) is 3.88. The lowest BCUT2D eigenvalue weighted by molar-refractivity contribution is -0.121. The van der Waals surface area contributed by atoms with E-state index in [1.807, 2.05) is 85.1 Å². The van der Waals surface area contributed by atoms with Gasteiger partial charge in [0.1, 0.15) is 6.61 Å². The molecule has 3 aromatic rings. The molecule has 0 aliphatic carbocycles. The second kappa shape index (κ2) is 10.4. The maximum Gasteiger partial charge on any atom is 0.321 e. The molecular formula is C25H29N5O4. The van der Waals surface area contributed by atoms with Gasteiger partial charge in [0.15, 0.2) is 17.6 Å². The van der Waals surface area contributed by atoms with Gasteiger partial charge >= 0.3 is 6.03 Å². The quantitative estimate of drug-likeness (QED) is 0.559.